The van der Waals surface area contributed by atoms with Gasteiger partial charge in [0, 0.05) is 37.8 Å². The first-order valence-electron chi connectivity index (χ1n) is 7.47. The van der Waals surface area contributed by atoms with E-state index in [1.165, 1.54) is 12.1 Å². The summed E-state index contributed by atoms with van der Waals surface area (Å²) in [6, 6.07) is 2.77. The minimum Gasteiger partial charge on any atom is -0.468 e. The number of nitrogens with one attached hydrogen (secondary N) is 1. The van der Waals surface area contributed by atoms with Gasteiger partial charge in [0.2, 0.25) is 0 Å². The molecule has 1 aliphatic rings. The van der Waals surface area contributed by atoms with Gasteiger partial charge in [-0.05, 0) is 26.1 Å². The Morgan fingerprint density at radius 1 is 1.37 bits per heavy atom. The van der Waals surface area contributed by atoms with E-state index in [2.05, 4.69) is 42.0 Å². The summed E-state index contributed by atoms with van der Waals surface area (Å²) < 4.78 is 5.58. The second kappa shape index (κ2) is 7.08. The average molecular weight is 265 g/mol. The third-order valence-electron chi connectivity index (χ3n) is 4.02. The van der Waals surface area contributed by atoms with Gasteiger partial charge in [-0.1, -0.05) is 13.8 Å². The van der Waals surface area contributed by atoms with Crippen molar-refractivity contribution < 1.29 is 4.42 Å². The summed E-state index contributed by atoms with van der Waals surface area (Å²) in [5, 5.41) is 3.33. The first-order valence-corrected chi connectivity index (χ1v) is 7.47. The monoisotopic (exact) mass is 265 g/mol. The molecule has 1 aliphatic heterocycles. The fourth-order valence-corrected chi connectivity index (χ4v) is 2.83. The molecule has 108 valence electrons. The number of hydrogen-bond donors (Lipinski definition) is 1. The first kappa shape index (κ1) is 14.6. The molecule has 0 aliphatic carbocycles. The highest BCUT2D eigenvalue weighted by Crippen LogP contribution is 2.16. The van der Waals surface area contributed by atoms with Gasteiger partial charge < -0.3 is 9.73 Å². The molecule has 19 heavy (non-hydrogen) atoms. The van der Waals surface area contributed by atoms with Crippen molar-refractivity contribution in [1.82, 2.24) is 15.1 Å². The molecule has 2 rings (SSSR count). The van der Waals surface area contributed by atoms with Crippen molar-refractivity contribution in [1.29, 1.82) is 0 Å². The Morgan fingerprint density at radius 2 is 2.21 bits per heavy atom. The largest absolute Gasteiger partial charge is 0.468 e. The molecular weight excluding hydrogens is 238 g/mol. The van der Waals surface area contributed by atoms with Gasteiger partial charge >= 0.3 is 0 Å². The van der Waals surface area contributed by atoms with E-state index in [9.17, 15) is 0 Å². The van der Waals surface area contributed by atoms with Gasteiger partial charge in [-0.2, -0.15) is 0 Å². The predicted octanol–water partition coefficient (Wildman–Crippen LogP) is 1.92. The fraction of sp³-hybridized carbons (Fsp3) is 0.733. The molecule has 0 aromatic carbocycles. The SMILES string of the molecule is CCNCc1occc1CN1CCN(CC)C(C)C1. The third-order valence-corrected chi connectivity index (χ3v) is 4.02. The normalized spacial score (nSPS) is 21.9. The van der Waals surface area contributed by atoms with E-state index >= 15 is 0 Å². The number of piperazine rings is 1. The van der Waals surface area contributed by atoms with Crippen molar-refractivity contribution in [3.05, 3.63) is 23.7 Å². The molecule has 4 heteroatoms. The summed E-state index contributed by atoms with van der Waals surface area (Å²) in [7, 11) is 0. The molecule has 0 saturated carbocycles. The van der Waals surface area contributed by atoms with Crippen LogP contribution in [0.1, 0.15) is 32.1 Å². The lowest BCUT2D eigenvalue weighted by molar-refractivity contribution is 0.0830. The van der Waals surface area contributed by atoms with Gasteiger partial charge in [-0.3, -0.25) is 9.80 Å². The van der Waals surface area contributed by atoms with Crippen molar-refractivity contribution in [2.24, 2.45) is 0 Å². The van der Waals surface area contributed by atoms with E-state index in [-0.39, 0.29) is 0 Å². The van der Waals surface area contributed by atoms with Crippen LogP contribution in [-0.4, -0.2) is 48.6 Å². The van der Waals surface area contributed by atoms with Gasteiger partial charge in [-0.25, -0.2) is 0 Å². The van der Waals surface area contributed by atoms with Crippen LogP contribution >= 0.6 is 0 Å². The Kier molecular flexibility index (Phi) is 5.43. The smallest absolute Gasteiger partial charge is 0.122 e. The van der Waals surface area contributed by atoms with E-state index in [0.29, 0.717) is 6.04 Å². The Balaban J connectivity index is 1.89. The molecule has 2 heterocycles. The van der Waals surface area contributed by atoms with Crippen molar-refractivity contribution in [3.63, 3.8) is 0 Å². The average Bonchev–Trinajstić information content (AvgIpc) is 2.84. The van der Waals surface area contributed by atoms with Gasteiger partial charge in [0.1, 0.15) is 5.76 Å². The molecular formula is C15H27N3O. The second-order valence-electron chi connectivity index (χ2n) is 5.36. The van der Waals surface area contributed by atoms with Crippen LogP contribution < -0.4 is 5.32 Å². The van der Waals surface area contributed by atoms with Crippen molar-refractivity contribution in [2.75, 3.05) is 32.7 Å². The number of rotatable bonds is 6. The number of hydrogen-bond acceptors (Lipinski definition) is 4. The molecule has 1 unspecified atom stereocenters. The Labute approximate surface area is 116 Å². The van der Waals surface area contributed by atoms with Crippen LogP contribution in [0.25, 0.3) is 0 Å². The zero-order valence-corrected chi connectivity index (χ0v) is 12.5. The first-order chi connectivity index (χ1) is 9.24. The third kappa shape index (κ3) is 3.81. The van der Waals surface area contributed by atoms with Crippen LogP contribution in [0.4, 0.5) is 0 Å². The van der Waals surface area contributed by atoms with Crippen LogP contribution in [0.15, 0.2) is 16.7 Å². The highest BCUT2D eigenvalue weighted by Gasteiger charge is 2.23. The van der Waals surface area contributed by atoms with Crippen LogP contribution in [0.2, 0.25) is 0 Å². The summed E-state index contributed by atoms with van der Waals surface area (Å²) in [6.07, 6.45) is 1.81. The van der Waals surface area contributed by atoms with Crippen LogP contribution in [0.3, 0.4) is 0 Å². The second-order valence-corrected chi connectivity index (χ2v) is 5.36. The van der Waals surface area contributed by atoms with Crippen molar-refractivity contribution >= 4 is 0 Å². The van der Waals surface area contributed by atoms with E-state index in [0.717, 1.165) is 45.0 Å². The summed E-state index contributed by atoms with van der Waals surface area (Å²) in [5.41, 5.74) is 1.33. The maximum absolute atomic E-state index is 5.58. The number of furan rings is 1. The van der Waals surface area contributed by atoms with Crippen LogP contribution in [0.5, 0.6) is 0 Å². The summed E-state index contributed by atoms with van der Waals surface area (Å²) in [5.74, 6) is 1.09. The van der Waals surface area contributed by atoms with Crippen LogP contribution in [-0.2, 0) is 13.1 Å². The van der Waals surface area contributed by atoms with Crippen molar-refractivity contribution in [3.8, 4) is 0 Å². The Morgan fingerprint density at radius 3 is 2.89 bits per heavy atom. The maximum Gasteiger partial charge on any atom is 0.122 e. The molecule has 1 aromatic rings. The molecule has 0 amide bonds. The molecule has 0 spiro atoms. The van der Waals surface area contributed by atoms with E-state index in [4.69, 9.17) is 4.42 Å². The fourth-order valence-electron chi connectivity index (χ4n) is 2.83. The number of nitrogens with zero attached hydrogens (tertiary/aromatic N) is 2. The molecule has 4 nitrogen and oxygen atoms in total. The predicted molar refractivity (Wildman–Crippen MR) is 78.1 cm³/mol. The van der Waals surface area contributed by atoms with Gasteiger partial charge in [0.25, 0.3) is 0 Å². The molecule has 1 N–H and O–H groups in total. The van der Waals surface area contributed by atoms with Crippen LogP contribution in [0, 0.1) is 0 Å². The molecule has 0 radical (unpaired) electrons. The van der Waals surface area contributed by atoms with E-state index < -0.39 is 0 Å². The summed E-state index contributed by atoms with van der Waals surface area (Å²) >= 11 is 0. The van der Waals surface area contributed by atoms with E-state index in [1.54, 1.807) is 0 Å². The number of likely N-dealkylation sites (N-methyl/N-ethyl adjacent to an activating group) is 1. The summed E-state index contributed by atoms with van der Waals surface area (Å²) in [6.45, 7) is 14.2. The summed E-state index contributed by atoms with van der Waals surface area (Å²) in [4.78, 5) is 5.09. The molecule has 1 fully saturated rings. The Bertz CT molecular complexity index is 377. The van der Waals surface area contributed by atoms with Gasteiger partial charge in [-0.15, -0.1) is 0 Å². The topological polar surface area (TPSA) is 31.7 Å². The van der Waals surface area contributed by atoms with Crippen molar-refractivity contribution in [2.45, 2.75) is 39.9 Å². The highest BCUT2D eigenvalue weighted by atomic mass is 16.3. The quantitative estimate of drug-likeness (QED) is 0.851. The zero-order chi connectivity index (χ0) is 13.7. The molecule has 0 bridgehead atoms. The molecule has 1 aromatic heterocycles. The van der Waals surface area contributed by atoms with Gasteiger partial charge in [0.05, 0.1) is 12.8 Å². The Hall–Kier alpha value is -0.840. The van der Waals surface area contributed by atoms with Gasteiger partial charge in [0.15, 0.2) is 0 Å². The highest BCUT2D eigenvalue weighted by molar-refractivity contribution is 5.17. The molecule has 1 atom stereocenters. The standard InChI is InChI=1S/C15H27N3O/c1-4-16-10-15-14(6-9-19-15)12-17-7-8-18(5-2)13(3)11-17/h6,9,13,16H,4-5,7-8,10-12H2,1-3H3. The lowest BCUT2D eigenvalue weighted by atomic mass is 10.1. The maximum atomic E-state index is 5.58. The molecule has 1 saturated heterocycles. The lowest BCUT2D eigenvalue weighted by Gasteiger charge is -2.39. The lowest BCUT2D eigenvalue weighted by Crippen LogP contribution is -2.51. The zero-order valence-electron chi connectivity index (χ0n) is 12.5. The minimum absolute atomic E-state index is 0.655. The van der Waals surface area contributed by atoms with E-state index in [1.807, 2.05) is 6.26 Å². The minimum atomic E-state index is 0.655.